The van der Waals surface area contributed by atoms with Gasteiger partial charge in [-0.2, -0.15) is 0 Å². The summed E-state index contributed by atoms with van der Waals surface area (Å²) in [6, 6.07) is 10.4. The van der Waals surface area contributed by atoms with E-state index in [0.29, 0.717) is 13.1 Å². The molecule has 0 spiro atoms. The third kappa shape index (κ3) is 4.70. The molecule has 0 bridgehead atoms. The van der Waals surface area contributed by atoms with Crippen LogP contribution in [-0.2, 0) is 24.3 Å². The Labute approximate surface area is 131 Å². The van der Waals surface area contributed by atoms with Crippen LogP contribution in [0.3, 0.4) is 0 Å². The Bertz CT molecular complexity index is 579. The molecule has 0 radical (unpaired) electrons. The average Bonchev–Trinajstić information content (AvgIpc) is 2.99. The number of nitrogens with one attached hydrogen (secondary N) is 2. The highest BCUT2D eigenvalue weighted by Crippen LogP contribution is 2.05. The van der Waals surface area contributed by atoms with Crippen LogP contribution in [0.1, 0.15) is 18.3 Å². The van der Waals surface area contributed by atoms with Crippen LogP contribution in [0.15, 0.2) is 42.7 Å². The van der Waals surface area contributed by atoms with E-state index < -0.39 is 0 Å². The molecule has 1 aromatic carbocycles. The number of amides is 1. The number of imidazole rings is 1. The molecule has 2 rings (SSSR count). The van der Waals surface area contributed by atoms with Gasteiger partial charge in [0.2, 0.25) is 5.91 Å². The number of nitrogens with zero attached hydrogens (tertiary/aromatic N) is 2. The van der Waals surface area contributed by atoms with Gasteiger partial charge in [-0.25, -0.2) is 4.98 Å². The molecule has 1 aromatic heterocycles. The van der Waals surface area contributed by atoms with Crippen LogP contribution in [0.2, 0.25) is 0 Å². The van der Waals surface area contributed by atoms with Crippen molar-refractivity contribution < 1.29 is 4.79 Å². The van der Waals surface area contributed by atoms with Crippen LogP contribution in [0.5, 0.6) is 0 Å². The molecule has 2 aromatic rings. The molecule has 0 saturated carbocycles. The highest BCUT2D eigenvalue weighted by Gasteiger charge is 2.12. The van der Waals surface area contributed by atoms with Gasteiger partial charge in [0.1, 0.15) is 5.82 Å². The Morgan fingerprint density at radius 2 is 2.09 bits per heavy atom. The number of hydrogen-bond donors (Lipinski definition) is 2. The van der Waals surface area contributed by atoms with Crippen LogP contribution in [0.4, 0.5) is 0 Å². The molecule has 1 atom stereocenters. The van der Waals surface area contributed by atoms with Gasteiger partial charge < -0.3 is 15.2 Å². The molecule has 2 N–H and O–H groups in total. The molecule has 1 heterocycles. The molecule has 5 heteroatoms. The Kier molecular flexibility index (Phi) is 6.15. The quantitative estimate of drug-likeness (QED) is 0.778. The molecule has 0 fully saturated rings. The minimum atomic E-state index is -0.0438. The summed E-state index contributed by atoms with van der Waals surface area (Å²) < 4.78 is 2.09. The smallest absolute Gasteiger partial charge is 0.224 e. The van der Waals surface area contributed by atoms with Gasteiger partial charge in [0.25, 0.3) is 0 Å². The maximum atomic E-state index is 11.9. The minimum Gasteiger partial charge on any atom is -0.349 e. The highest BCUT2D eigenvalue weighted by atomic mass is 16.1. The SMILES string of the molecule is CNCC(C)C(=O)NCc1nccn1CCc1ccccc1. The fraction of sp³-hybridized carbons (Fsp3) is 0.412. The van der Waals surface area contributed by atoms with Crippen LogP contribution in [0.25, 0.3) is 0 Å². The third-order valence-electron chi connectivity index (χ3n) is 3.66. The van der Waals surface area contributed by atoms with Gasteiger partial charge >= 0.3 is 0 Å². The number of hydrogen-bond acceptors (Lipinski definition) is 3. The topological polar surface area (TPSA) is 59.0 Å². The van der Waals surface area contributed by atoms with Gasteiger partial charge in [0, 0.05) is 31.4 Å². The van der Waals surface area contributed by atoms with E-state index >= 15 is 0 Å². The third-order valence-corrected chi connectivity index (χ3v) is 3.66. The number of carbonyl (C=O) groups is 1. The normalized spacial score (nSPS) is 12.1. The second kappa shape index (κ2) is 8.34. The standard InChI is InChI=1S/C17H24N4O/c1-14(12-18-2)17(22)20-13-16-19-9-11-21(16)10-8-15-6-4-3-5-7-15/h3-7,9,11,14,18H,8,10,12-13H2,1-2H3,(H,20,22). The van der Waals surface area contributed by atoms with Crippen LogP contribution in [-0.4, -0.2) is 29.1 Å². The largest absolute Gasteiger partial charge is 0.349 e. The zero-order valence-corrected chi connectivity index (χ0v) is 13.2. The number of benzene rings is 1. The molecule has 0 aliphatic rings. The monoisotopic (exact) mass is 300 g/mol. The second-order valence-corrected chi connectivity index (χ2v) is 5.45. The average molecular weight is 300 g/mol. The van der Waals surface area contributed by atoms with Crippen LogP contribution in [0, 0.1) is 5.92 Å². The van der Waals surface area contributed by atoms with E-state index in [9.17, 15) is 4.79 Å². The predicted octanol–water partition coefficient (Wildman–Crippen LogP) is 1.60. The van der Waals surface area contributed by atoms with Gasteiger partial charge in [-0.05, 0) is 19.0 Å². The number of carbonyl (C=O) groups excluding carboxylic acids is 1. The van der Waals surface area contributed by atoms with Crippen molar-refractivity contribution in [3.63, 3.8) is 0 Å². The summed E-state index contributed by atoms with van der Waals surface area (Å²) in [6.07, 6.45) is 4.69. The Morgan fingerprint density at radius 1 is 1.32 bits per heavy atom. The van der Waals surface area contributed by atoms with Crippen molar-refractivity contribution in [1.29, 1.82) is 0 Å². The first-order valence-corrected chi connectivity index (χ1v) is 7.67. The lowest BCUT2D eigenvalue weighted by Gasteiger charge is -2.12. The molecular formula is C17H24N4O. The molecule has 22 heavy (non-hydrogen) atoms. The Morgan fingerprint density at radius 3 is 2.82 bits per heavy atom. The van der Waals surface area contributed by atoms with Crippen LogP contribution >= 0.6 is 0 Å². The van der Waals surface area contributed by atoms with Crippen molar-refractivity contribution in [3.05, 3.63) is 54.1 Å². The summed E-state index contributed by atoms with van der Waals surface area (Å²) in [6.45, 7) is 3.91. The predicted molar refractivity (Wildman–Crippen MR) is 87.3 cm³/mol. The van der Waals surface area contributed by atoms with Gasteiger partial charge in [-0.3, -0.25) is 4.79 Å². The fourth-order valence-corrected chi connectivity index (χ4v) is 2.34. The molecule has 0 aliphatic carbocycles. The lowest BCUT2D eigenvalue weighted by atomic mass is 10.1. The van der Waals surface area contributed by atoms with Gasteiger partial charge in [0.05, 0.1) is 6.54 Å². The maximum Gasteiger partial charge on any atom is 0.224 e. The van der Waals surface area contributed by atoms with Crippen molar-refractivity contribution in [2.75, 3.05) is 13.6 Å². The van der Waals surface area contributed by atoms with Crippen molar-refractivity contribution >= 4 is 5.91 Å². The summed E-state index contributed by atoms with van der Waals surface area (Å²) in [5, 5.41) is 5.96. The zero-order chi connectivity index (χ0) is 15.8. The first kappa shape index (κ1) is 16.2. The lowest BCUT2D eigenvalue weighted by Crippen LogP contribution is -2.34. The number of aromatic nitrogens is 2. The molecule has 1 unspecified atom stereocenters. The lowest BCUT2D eigenvalue weighted by molar-refractivity contribution is -0.124. The molecule has 5 nitrogen and oxygen atoms in total. The molecule has 1 amide bonds. The van der Waals surface area contributed by atoms with Gasteiger partial charge in [-0.1, -0.05) is 37.3 Å². The highest BCUT2D eigenvalue weighted by molar-refractivity contribution is 5.78. The molecule has 0 aliphatic heterocycles. The Balaban J connectivity index is 1.86. The Hall–Kier alpha value is -2.14. The van der Waals surface area contributed by atoms with E-state index in [4.69, 9.17) is 0 Å². The van der Waals surface area contributed by atoms with Crippen LogP contribution < -0.4 is 10.6 Å². The second-order valence-electron chi connectivity index (χ2n) is 5.45. The van der Waals surface area contributed by atoms with Crippen molar-refractivity contribution in [1.82, 2.24) is 20.2 Å². The van der Waals surface area contributed by atoms with Gasteiger partial charge in [-0.15, -0.1) is 0 Å². The van der Waals surface area contributed by atoms with E-state index in [1.807, 2.05) is 38.4 Å². The summed E-state index contributed by atoms with van der Waals surface area (Å²) >= 11 is 0. The first-order valence-electron chi connectivity index (χ1n) is 7.67. The fourth-order valence-electron chi connectivity index (χ4n) is 2.34. The van der Waals surface area contributed by atoms with E-state index in [1.165, 1.54) is 5.56 Å². The minimum absolute atomic E-state index is 0.0438. The molecular weight excluding hydrogens is 276 g/mol. The van der Waals surface area contributed by atoms with E-state index in [2.05, 4.69) is 32.3 Å². The zero-order valence-electron chi connectivity index (χ0n) is 13.2. The first-order chi connectivity index (χ1) is 10.7. The molecule has 118 valence electrons. The number of aryl methyl sites for hydroxylation is 2. The van der Waals surface area contributed by atoms with Crippen molar-refractivity contribution in [2.45, 2.75) is 26.4 Å². The number of rotatable bonds is 8. The van der Waals surface area contributed by atoms with Crippen molar-refractivity contribution in [3.8, 4) is 0 Å². The maximum absolute atomic E-state index is 11.9. The van der Waals surface area contributed by atoms with E-state index in [0.717, 1.165) is 18.8 Å². The molecule has 0 saturated heterocycles. The van der Waals surface area contributed by atoms with E-state index in [-0.39, 0.29) is 11.8 Å². The summed E-state index contributed by atoms with van der Waals surface area (Å²) in [5.74, 6) is 0.894. The summed E-state index contributed by atoms with van der Waals surface area (Å²) in [4.78, 5) is 16.3. The summed E-state index contributed by atoms with van der Waals surface area (Å²) in [5.41, 5.74) is 1.30. The summed E-state index contributed by atoms with van der Waals surface area (Å²) in [7, 11) is 1.85. The van der Waals surface area contributed by atoms with Gasteiger partial charge in [0.15, 0.2) is 0 Å². The van der Waals surface area contributed by atoms with Crippen molar-refractivity contribution in [2.24, 2.45) is 5.92 Å². The van der Waals surface area contributed by atoms with E-state index in [1.54, 1.807) is 6.20 Å².